The molecular weight excluding hydrogens is 346 g/mol. The summed E-state index contributed by atoms with van der Waals surface area (Å²) in [6.07, 6.45) is 0. The standard InChI is InChI=1S/C17H16BrNO3/c1-11-8-14(18)9-12(2)16(11)19-15(20)10-22-17(21)13-6-4-3-5-7-13/h3-9H,10H2,1-2H3,(H,19,20). The molecule has 0 atom stereocenters. The van der Waals surface area contributed by atoms with Crippen LogP contribution < -0.4 is 5.32 Å². The van der Waals surface area contributed by atoms with Crippen molar-refractivity contribution < 1.29 is 14.3 Å². The second kappa shape index (κ2) is 7.22. The summed E-state index contributed by atoms with van der Waals surface area (Å²) in [5, 5.41) is 2.78. The number of amides is 1. The number of hydrogen-bond donors (Lipinski definition) is 1. The zero-order valence-corrected chi connectivity index (χ0v) is 13.9. The number of carbonyl (C=O) groups excluding carboxylic acids is 2. The minimum absolute atomic E-state index is 0.317. The molecule has 22 heavy (non-hydrogen) atoms. The molecule has 0 unspecified atom stereocenters. The molecule has 2 rings (SSSR count). The van der Waals surface area contributed by atoms with E-state index < -0.39 is 5.97 Å². The van der Waals surface area contributed by atoms with Crippen LogP contribution in [0.5, 0.6) is 0 Å². The summed E-state index contributed by atoms with van der Waals surface area (Å²) in [7, 11) is 0. The first-order valence-electron chi connectivity index (χ1n) is 6.76. The second-order valence-corrected chi connectivity index (χ2v) is 5.82. The van der Waals surface area contributed by atoms with Crippen LogP contribution in [0, 0.1) is 13.8 Å². The van der Waals surface area contributed by atoms with Gasteiger partial charge in [0.25, 0.3) is 5.91 Å². The average Bonchev–Trinajstić information content (AvgIpc) is 2.49. The van der Waals surface area contributed by atoms with Crippen LogP contribution in [0.2, 0.25) is 0 Å². The molecule has 0 aliphatic rings. The van der Waals surface area contributed by atoms with Crippen molar-refractivity contribution in [2.75, 3.05) is 11.9 Å². The monoisotopic (exact) mass is 361 g/mol. The van der Waals surface area contributed by atoms with Gasteiger partial charge in [-0.15, -0.1) is 0 Å². The number of carbonyl (C=O) groups is 2. The summed E-state index contributed by atoms with van der Waals surface area (Å²) in [5.41, 5.74) is 3.04. The van der Waals surface area contributed by atoms with E-state index in [2.05, 4.69) is 21.2 Å². The van der Waals surface area contributed by atoms with Gasteiger partial charge in [-0.3, -0.25) is 4.79 Å². The van der Waals surface area contributed by atoms with Gasteiger partial charge >= 0.3 is 5.97 Å². The van der Waals surface area contributed by atoms with Crippen molar-refractivity contribution in [3.63, 3.8) is 0 Å². The van der Waals surface area contributed by atoms with E-state index in [4.69, 9.17) is 4.74 Å². The predicted octanol–water partition coefficient (Wildman–Crippen LogP) is 3.86. The minimum Gasteiger partial charge on any atom is -0.452 e. The van der Waals surface area contributed by atoms with Gasteiger partial charge in [0.05, 0.1) is 5.56 Å². The van der Waals surface area contributed by atoms with Crippen molar-refractivity contribution in [3.8, 4) is 0 Å². The summed E-state index contributed by atoms with van der Waals surface area (Å²) in [6.45, 7) is 3.50. The lowest BCUT2D eigenvalue weighted by molar-refractivity contribution is -0.119. The maximum Gasteiger partial charge on any atom is 0.338 e. The van der Waals surface area contributed by atoms with Crippen molar-refractivity contribution in [1.82, 2.24) is 0 Å². The Hall–Kier alpha value is -2.14. The molecule has 0 saturated heterocycles. The Labute approximate surface area is 137 Å². The number of ether oxygens (including phenoxy) is 1. The Morgan fingerprint density at radius 2 is 1.68 bits per heavy atom. The third kappa shape index (κ3) is 4.18. The molecule has 0 radical (unpaired) electrons. The van der Waals surface area contributed by atoms with Gasteiger partial charge in [0.15, 0.2) is 6.61 Å². The summed E-state index contributed by atoms with van der Waals surface area (Å²) in [4.78, 5) is 23.7. The molecule has 0 saturated carbocycles. The molecule has 1 amide bonds. The smallest absolute Gasteiger partial charge is 0.338 e. The van der Waals surface area contributed by atoms with Gasteiger partial charge < -0.3 is 10.1 Å². The molecule has 4 nitrogen and oxygen atoms in total. The molecule has 0 heterocycles. The zero-order chi connectivity index (χ0) is 16.1. The number of aryl methyl sites for hydroxylation is 2. The fourth-order valence-corrected chi connectivity index (χ4v) is 2.76. The third-order valence-electron chi connectivity index (χ3n) is 3.11. The van der Waals surface area contributed by atoms with Crippen LogP contribution in [-0.2, 0) is 9.53 Å². The van der Waals surface area contributed by atoms with E-state index in [1.807, 2.05) is 32.0 Å². The highest BCUT2D eigenvalue weighted by Crippen LogP contribution is 2.24. The first-order valence-corrected chi connectivity index (χ1v) is 7.55. The number of hydrogen-bond acceptors (Lipinski definition) is 3. The lowest BCUT2D eigenvalue weighted by Crippen LogP contribution is -2.21. The zero-order valence-electron chi connectivity index (χ0n) is 12.4. The fourth-order valence-electron chi connectivity index (χ4n) is 2.07. The fraction of sp³-hybridized carbons (Fsp3) is 0.176. The molecule has 114 valence electrons. The predicted molar refractivity (Wildman–Crippen MR) is 89.0 cm³/mol. The van der Waals surface area contributed by atoms with Crippen LogP contribution in [0.25, 0.3) is 0 Å². The lowest BCUT2D eigenvalue weighted by Gasteiger charge is -2.12. The third-order valence-corrected chi connectivity index (χ3v) is 3.56. The summed E-state index contributed by atoms with van der Waals surface area (Å²) in [6, 6.07) is 12.4. The van der Waals surface area contributed by atoms with Gasteiger partial charge in [-0.1, -0.05) is 34.1 Å². The van der Waals surface area contributed by atoms with Crippen LogP contribution in [0.3, 0.4) is 0 Å². The van der Waals surface area contributed by atoms with Crippen LogP contribution in [-0.4, -0.2) is 18.5 Å². The van der Waals surface area contributed by atoms with Gasteiger partial charge in [0.1, 0.15) is 0 Å². The van der Waals surface area contributed by atoms with E-state index in [9.17, 15) is 9.59 Å². The van der Waals surface area contributed by atoms with Crippen LogP contribution in [0.15, 0.2) is 46.9 Å². The molecule has 0 bridgehead atoms. The Bertz CT molecular complexity index is 675. The molecule has 0 aliphatic heterocycles. The summed E-state index contributed by atoms with van der Waals surface area (Å²) < 4.78 is 5.96. The van der Waals surface area contributed by atoms with Gasteiger partial charge in [-0.2, -0.15) is 0 Å². The maximum atomic E-state index is 11.9. The second-order valence-electron chi connectivity index (χ2n) is 4.90. The number of benzene rings is 2. The van der Waals surface area contributed by atoms with Crippen molar-refractivity contribution >= 4 is 33.5 Å². The van der Waals surface area contributed by atoms with E-state index in [0.717, 1.165) is 21.3 Å². The van der Waals surface area contributed by atoms with Crippen LogP contribution in [0.1, 0.15) is 21.5 Å². The molecular formula is C17H16BrNO3. The maximum absolute atomic E-state index is 11.9. The van der Waals surface area contributed by atoms with Crippen molar-refractivity contribution in [1.29, 1.82) is 0 Å². The molecule has 2 aromatic carbocycles. The Morgan fingerprint density at radius 1 is 1.09 bits per heavy atom. The Kier molecular flexibility index (Phi) is 5.33. The van der Waals surface area contributed by atoms with E-state index >= 15 is 0 Å². The topological polar surface area (TPSA) is 55.4 Å². The van der Waals surface area contributed by atoms with Gasteiger partial charge in [0, 0.05) is 10.2 Å². The molecule has 5 heteroatoms. The Balaban J connectivity index is 1.95. The quantitative estimate of drug-likeness (QED) is 0.841. The first-order chi connectivity index (χ1) is 10.5. The van der Waals surface area contributed by atoms with E-state index in [1.54, 1.807) is 24.3 Å². The number of halogens is 1. The van der Waals surface area contributed by atoms with Gasteiger partial charge in [-0.05, 0) is 49.2 Å². The number of anilines is 1. The van der Waals surface area contributed by atoms with Crippen molar-refractivity contribution in [3.05, 3.63) is 63.6 Å². The van der Waals surface area contributed by atoms with Gasteiger partial charge in [-0.25, -0.2) is 4.79 Å². The molecule has 0 fully saturated rings. The van der Waals surface area contributed by atoms with Crippen molar-refractivity contribution in [2.24, 2.45) is 0 Å². The summed E-state index contributed by atoms with van der Waals surface area (Å²) in [5.74, 6) is -0.877. The van der Waals surface area contributed by atoms with Crippen LogP contribution >= 0.6 is 15.9 Å². The van der Waals surface area contributed by atoms with E-state index in [0.29, 0.717) is 5.56 Å². The summed E-state index contributed by atoms with van der Waals surface area (Å²) >= 11 is 3.41. The van der Waals surface area contributed by atoms with Gasteiger partial charge in [0.2, 0.25) is 0 Å². The molecule has 0 aliphatic carbocycles. The number of esters is 1. The van der Waals surface area contributed by atoms with E-state index in [1.165, 1.54) is 0 Å². The average molecular weight is 362 g/mol. The molecule has 0 spiro atoms. The first kappa shape index (κ1) is 16.2. The lowest BCUT2D eigenvalue weighted by atomic mass is 10.1. The highest BCUT2D eigenvalue weighted by atomic mass is 79.9. The Morgan fingerprint density at radius 3 is 2.27 bits per heavy atom. The van der Waals surface area contributed by atoms with Crippen LogP contribution in [0.4, 0.5) is 5.69 Å². The SMILES string of the molecule is Cc1cc(Br)cc(C)c1NC(=O)COC(=O)c1ccccc1. The highest BCUT2D eigenvalue weighted by Gasteiger charge is 2.12. The highest BCUT2D eigenvalue weighted by molar-refractivity contribution is 9.10. The largest absolute Gasteiger partial charge is 0.452 e. The normalized spacial score (nSPS) is 10.1. The number of nitrogens with one attached hydrogen (secondary N) is 1. The minimum atomic E-state index is -0.514. The molecule has 0 aromatic heterocycles. The number of rotatable bonds is 4. The molecule has 1 N–H and O–H groups in total. The van der Waals surface area contributed by atoms with E-state index in [-0.39, 0.29) is 12.5 Å². The molecule has 2 aromatic rings. The van der Waals surface area contributed by atoms with Crippen molar-refractivity contribution in [2.45, 2.75) is 13.8 Å².